The molecule has 2 nitrogen and oxygen atoms in total. The van der Waals surface area contributed by atoms with Crippen molar-refractivity contribution in [1.82, 2.24) is 0 Å². The van der Waals surface area contributed by atoms with Gasteiger partial charge in [-0.2, -0.15) is 0 Å². The summed E-state index contributed by atoms with van der Waals surface area (Å²) in [7, 11) is 0. The predicted molar refractivity (Wildman–Crippen MR) is 30.6 cm³/mol. The van der Waals surface area contributed by atoms with Crippen molar-refractivity contribution in [3.05, 3.63) is 0 Å². The van der Waals surface area contributed by atoms with Gasteiger partial charge in [-0.25, -0.2) is 0 Å². The molecule has 0 aliphatic rings. The Labute approximate surface area is 50.7 Å². The highest BCUT2D eigenvalue weighted by molar-refractivity contribution is 9.10. The Bertz CT molecular complexity index is 72.1. The molecule has 0 aromatic rings. The third-order valence-electron chi connectivity index (χ3n) is 0.626. The molecule has 42 valence electrons. The summed E-state index contributed by atoms with van der Waals surface area (Å²) in [6.45, 7) is 1.81. The Kier molecular flexibility index (Phi) is 3.00. The van der Waals surface area contributed by atoms with Crippen LogP contribution in [0.25, 0.3) is 0 Å². The van der Waals surface area contributed by atoms with Gasteiger partial charge in [0.1, 0.15) is 4.83 Å². The van der Waals surface area contributed by atoms with Gasteiger partial charge in [-0.05, 0) is 6.42 Å². The van der Waals surface area contributed by atoms with Crippen molar-refractivity contribution < 1.29 is 9.90 Å². The monoisotopic (exact) mass is 167 g/mol. The summed E-state index contributed by atoms with van der Waals surface area (Å²) in [6, 6.07) is 0. The molecule has 0 heterocycles. The van der Waals surface area contributed by atoms with Crippen LogP contribution in [0.1, 0.15) is 13.3 Å². The number of aliphatic carboxylic acids is 1. The van der Waals surface area contributed by atoms with Gasteiger partial charge < -0.3 is 5.11 Å². The molecule has 0 saturated heterocycles. The van der Waals surface area contributed by atoms with Gasteiger partial charge in [0.15, 0.2) is 0 Å². The molecule has 0 aromatic carbocycles. The molecule has 0 amide bonds. The number of rotatable bonds is 2. The average Bonchev–Trinajstić information content (AvgIpc) is 1.65. The highest BCUT2D eigenvalue weighted by atomic mass is 79.9. The van der Waals surface area contributed by atoms with E-state index in [0.29, 0.717) is 6.42 Å². The second-order valence-electron chi connectivity index (χ2n) is 1.21. The zero-order chi connectivity index (χ0) is 5.86. The fourth-order valence-electron chi connectivity index (χ4n) is 0.175. The first-order valence-corrected chi connectivity index (χ1v) is 2.97. The van der Waals surface area contributed by atoms with Crippen LogP contribution in [-0.2, 0) is 4.79 Å². The number of halogens is 1. The van der Waals surface area contributed by atoms with Crippen LogP contribution in [0.4, 0.5) is 0 Å². The van der Waals surface area contributed by atoms with Crippen LogP contribution in [0.5, 0.6) is 0 Å². The molecule has 0 spiro atoms. The molecule has 0 radical (unpaired) electrons. The molecule has 0 fully saturated rings. The molecule has 0 aromatic heterocycles. The van der Waals surface area contributed by atoms with E-state index in [0.717, 1.165) is 0 Å². The molecule has 0 bridgehead atoms. The van der Waals surface area contributed by atoms with Gasteiger partial charge in [0.25, 0.3) is 0 Å². The minimum atomic E-state index is -0.789. The molecule has 0 saturated carbocycles. The first kappa shape index (κ1) is 6.95. The SMILES string of the molecule is CC[13CH](Br)C(=O)O. The Morgan fingerprint density at radius 3 is 2.43 bits per heavy atom. The van der Waals surface area contributed by atoms with Crippen molar-refractivity contribution in [2.24, 2.45) is 0 Å². The zero-order valence-electron chi connectivity index (χ0n) is 4.02. The molecular weight excluding hydrogens is 161 g/mol. The topological polar surface area (TPSA) is 37.3 Å². The quantitative estimate of drug-likeness (QED) is 0.497. The molecule has 0 rings (SSSR count). The summed E-state index contributed by atoms with van der Waals surface area (Å²) in [5, 5.41) is 8.14. The van der Waals surface area contributed by atoms with Crippen molar-refractivity contribution in [1.29, 1.82) is 0 Å². The minimum Gasteiger partial charge on any atom is -0.480 e. The van der Waals surface area contributed by atoms with E-state index in [9.17, 15) is 4.79 Å². The van der Waals surface area contributed by atoms with Crippen LogP contribution in [0, 0.1) is 0 Å². The van der Waals surface area contributed by atoms with Crippen LogP contribution in [0.3, 0.4) is 0 Å². The number of carboxylic acid groups (broad SMARTS) is 1. The molecular formula is C4H7BrO2. The van der Waals surface area contributed by atoms with Crippen LogP contribution in [-0.4, -0.2) is 15.9 Å². The molecule has 1 unspecified atom stereocenters. The van der Waals surface area contributed by atoms with E-state index in [2.05, 4.69) is 15.9 Å². The summed E-state index contributed by atoms with van der Waals surface area (Å²) < 4.78 is 0. The van der Waals surface area contributed by atoms with Gasteiger partial charge in [0, 0.05) is 0 Å². The van der Waals surface area contributed by atoms with Crippen LogP contribution in [0.2, 0.25) is 0 Å². The Balaban J connectivity index is 3.34. The van der Waals surface area contributed by atoms with Crippen molar-refractivity contribution in [2.75, 3.05) is 0 Å². The molecule has 1 N–H and O–H groups in total. The summed E-state index contributed by atoms with van der Waals surface area (Å²) in [5.74, 6) is -0.789. The molecule has 7 heavy (non-hydrogen) atoms. The summed E-state index contributed by atoms with van der Waals surface area (Å²) in [6.07, 6.45) is 0.634. The van der Waals surface area contributed by atoms with Gasteiger partial charge in [-0.3, -0.25) is 4.79 Å². The maximum Gasteiger partial charge on any atom is 0.317 e. The summed E-state index contributed by atoms with van der Waals surface area (Å²) in [4.78, 5) is 9.52. The average molecular weight is 168 g/mol. The smallest absolute Gasteiger partial charge is 0.317 e. The Hall–Kier alpha value is -0.0500. The van der Waals surface area contributed by atoms with E-state index < -0.39 is 5.97 Å². The van der Waals surface area contributed by atoms with Crippen LogP contribution in [0.15, 0.2) is 0 Å². The van der Waals surface area contributed by atoms with Crippen LogP contribution < -0.4 is 0 Å². The number of carbonyl (C=O) groups is 1. The normalized spacial score (nSPS) is 13.4. The molecule has 1 atom stereocenters. The van der Waals surface area contributed by atoms with Gasteiger partial charge in [-0.15, -0.1) is 0 Å². The van der Waals surface area contributed by atoms with Crippen molar-refractivity contribution in [2.45, 2.75) is 18.2 Å². The van der Waals surface area contributed by atoms with Gasteiger partial charge in [0.2, 0.25) is 0 Å². The highest BCUT2D eigenvalue weighted by Gasteiger charge is 2.07. The number of hydrogen-bond acceptors (Lipinski definition) is 1. The third kappa shape index (κ3) is 2.62. The maximum atomic E-state index is 9.88. The van der Waals surface area contributed by atoms with Gasteiger partial charge in [0.05, 0.1) is 0 Å². The Morgan fingerprint density at radius 2 is 2.43 bits per heavy atom. The van der Waals surface area contributed by atoms with E-state index in [1.165, 1.54) is 0 Å². The van der Waals surface area contributed by atoms with E-state index in [-0.39, 0.29) is 4.83 Å². The largest absolute Gasteiger partial charge is 0.480 e. The molecule has 0 aliphatic carbocycles. The van der Waals surface area contributed by atoms with E-state index in [1.807, 2.05) is 6.92 Å². The second kappa shape index (κ2) is 3.02. The van der Waals surface area contributed by atoms with Gasteiger partial charge >= 0.3 is 5.97 Å². The lowest BCUT2D eigenvalue weighted by atomic mass is 10.6. The number of hydrogen-bond donors (Lipinski definition) is 1. The maximum absolute atomic E-state index is 9.88. The third-order valence-corrected chi connectivity index (χ3v) is 1.67. The van der Waals surface area contributed by atoms with E-state index in [4.69, 9.17) is 5.11 Å². The zero-order valence-corrected chi connectivity index (χ0v) is 5.60. The number of alkyl halides is 1. The summed E-state index contributed by atoms with van der Waals surface area (Å²) in [5.41, 5.74) is 0. The van der Waals surface area contributed by atoms with Crippen molar-refractivity contribution in [3.8, 4) is 0 Å². The van der Waals surface area contributed by atoms with Crippen molar-refractivity contribution >= 4 is 21.9 Å². The lowest BCUT2D eigenvalue weighted by Gasteiger charge is -1.94. The lowest BCUT2D eigenvalue weighted by Crippen LogP contribution is -2.09. The fraction of sp³-hybridized carbons (Fsp3) is 0.750. The minimum absolute atomic E-state index is 0.368. The van der Waals surface area contributed by atoms with Crippen molar-refractivity contribution in [3.63, 3.8) is 0 Å². The van der Waals surface area contributed by atoms with Gasteiger partial charge in [-0.1, -0.05) is 22.9 Å². The predicted octanol–water partition coefficient (Wildman–Crippen LogP) is 1.24. The van der Waals surface area contributed by atoms with E-state index in [1.54, 1.807) is 0 Å². The fourth-order valence-corrected chi connectivity index (χ4v) is 0.175. The first-order chi connectivity index (χ1) is 3.18. The lowest BCUT2D eigenvalue weighted by molar-refractivity contribution is -0.136. The second-order valence-corrected chi connectivity index (χ2v) is 2.32. The standard InChI is InChI=1S/C4H7BrO2/c1-2-3(5)4(6)7/h3H,2H2,1H3,(H,6,7)/i3+1. The summed E-state index contributed by atoms with van der Waals surface area (Å²) >= 11 is 2.94. The van der Waals surface area contributed by atoms with Crippen LogP contribution >= 0.6 is 15.9 Å². The van der Waals surface area contributed by atoms with E-state index >= 15 is 0 Å². The first-order valence-electron chi connectivity index (χ1n) is 2.05. The highest BCUT2D eigenvalue weighted by Crippen LogP contribution is 2.02. The molecule has 0 aliphatic heterocycles. The molecule has 3 heteroatoms. The Morgan fingerprint density at radius 1 is 2.00 bits per heavy atom. The number of carboxylic acids is 1.